The molecular weight excluding hydrogens is 246 g/mol. The zero-order valence-electron chi connectivity index (χ0n) is 11.1. The van der Waals surface area contributed by atoms with Crippen molar-refractivity contribution in [2.45, 2.75) is 51.7 Å². The van der Waals surface area contributed by atoms with E-state index in [1.807, 2.05) is 6.92 Å². The summed E-state index contributed by atoms with van der Waals surface area (Å²) in [6.45, 7) is 2.68. The molecule has 6 nitrogen and oxygen atoms in total. The van der Waals surface area contributed by atoms with Gasteiger partial charge in [-0.2, -0.15) is 0 Å². The Morgan fingerprint density at radius 3 is 2.74 bits per heavy atom. The van der Waals surface area contributed by atoms with Gasteiger partial charge in [-0.1, -0.05) is 6.92 Å². The molecule has 6 heteroatoms. The minimum atomic E-state index is -0.350. The number of carbonyl (C=O) groups excluding carboxylic acids is 1. The fraction of sp³-hybridized carbons (Fsp3) is 0.615. The van der Waals surface area contributed by atoms with E-state index in [1.165, 1.54) is 16.8 Å². The fourth-order valence-corrected chi connectivity index (χ4v) is 1.91. The van der Waals surface area contributed by atoms with Crippen molar-refractivity contribution in [3.8, 4) is 0 Å². The molecule has 19 heavy (non-hydrogen) atoms. The first kappa shape index (κ1) is 13.6. The third kappa shape index (κ3) is 3.56. The molecule has 1 aromatic heterocycles. The van der Waals surface area contributed by atoms with E-state index in [0.29, 0.717) is 12.6 Å². The molecule has 0 saturated heterocycles. The van der Waals surface area contributed by atoms with E-state index in [0.717, 1.165) is 23.8 Å². The molecule has 1 N–H and O–H groups in total. The molecule has 1 aromatic rings. The molecular formula is C13H19N3O3. The first-order valence-electron chi connectivity index (χ1n) is 6.71. The molecule has 1 aliphatic rings. The Hall–Kier alpha value is -1.85. The smallest absolute Gasteiger partial charge is 0.330 e. The monoisotopic (exact) mass is 265 g/mol. The van der Waals surface area contributed by atoms with Gasteiger partial charge < -0.3 is 9.88 Å². The molecule has 2 rings (SSSR count). The second-order valence-electron chi connectivity index (χ2n) is 4.87. The van der Waals surface area contributed by atoms with Crippen LogP contribution in [-0.2, 0) is 17.9 Å². The van der Waals surface area contributed by atoms with E-state index >= 15 is 0 Å². The van der Waals surface area contributed by atoms with Crippen LogP contribution in [0.4, 0.5) is 0 Å². The van der Waals surface area contributed by atoms with Crippen LogP contribution in [0.1, 0.15) is 32.6 Å². The van der Waals surface area contributed by atoms with Crippen LogP contribution >= 0.6 is 0 Å². The summed E-state index contributed by atoms with van der Waals surface area (Å²) in [5.74, 6) is -0.0975. The topological polar surface area (TPSA) is 73.1 Å². The number of nitrogens with zero attached hydrogens (tertiary/aromatic N) is 2. The summed E-state index contributed by atoms with van der Waals surface area (Å²) in [5, 5.41) is 2.84. The molecule has 0 atom stereocenters. The Bertz CT molecular complexity index is 569. The number of aromatic nitrogens is 2. The molecule has 1 aliphatic carbocycles. The Morgan fingerprint density at radius 1 is 1.37 bits per heavy atom. The lowest BCUT2D eigenvalue weighted by Crippen LogP contribution is -2.40. The molecule has 0 aromatic carbocycles. The summed E-state index contributed by atoms with van der Waals surface area (Å²) in [7, 11) is 0. The van der Waals surface area contributed by atoms with E-state index in [9.17, 15) is 14.4 Å². The van der Waals surface area contributed by atoms with E-state index in [-0.39, 0.29) is 30.1 Å². The largest absolute Gasteiger partial charge is 0.353 e. The van der Waals surface area contributed by atoms with Crippen molar-refractivity contribution in [3.63, 3.8) is 0 Å². The van der Waals surface area contributed by atoms with Gasteiger partial charge in [0.15, 0.2) is 0 Å². The number of amides is 1. The average molecular weight is 265 g/mol. The number of nitrogens with one attached hydrogen (secondary N) is 1. The zero-order valence-corrected chi connectivity index (χ0v) is 11.1. The van der Waals surface area contributed by atoms with Crippen molar-refractivity contribution in [3.05, 3.63) is 33.1 Å². The third-order valence-electron chi connectivity index (χ3n) is 3.11. The molecule has 104 valence electrons. The Labute approximate surface area is 111 Å². The highest BCUT2D eigenvalue weighted by Gasteiger charge is 2.23. The highest BCUT2D eigenvalue weighted by Crippen LogP contribution is 2.18. The highest BCUT2D eigenvalue weighted by atomic mass is 16.2. The van der Waals surface area contributed by atoms with Crippen LogP contribution in [0.5, 0.6) is 0 Å². The van der Waals surface area contributed by atoms with Crippen LogP contribution in [-0.4, -0.2) is 21.1 Å². The number of rotatable bonds is 6. The summed E-state index contributed by atoms with van der Waals surface area (Å²) in [6, 6.07) is 1.67. The van der Waals surface area contributed by atoms with E-state index in [2.05, 4.69) is 5.32 Å². The molecule has 0 aliphatic heterocycles. The molecule has 1 fully saturated rings. The predicted molar refractivity (Wildman–Crippen MR) is 71.0 cm³/mol. The van der Waals surface area contributed by atoms with Gasteiger partial charge >= 0.3 is 5.69 Å². The Balaban J connectivity index is 2.05. The maximum Gasteiger partial charge on any atom is 0.330 e. The summed E-state index contributed by atoms with van der Waals surface area (Å²) in [4.78, 5) is 35.2. The Kier molecular flexibility index (Phi) is 4.19. The van der Waals surface area contributed by atoms with Crippen molar-refractivity contribution in [2.24, 2.45) is 0 Å². The Morgan fingerprint density at radius 2 is 2.11 bits per heavy atom. The third-order valence-corrected chi connectivity index (χ3v) is 3.11. The van der Waals surface area contributed by atoms with Gasteiger partial charge in [0, 0.05) is 37.8 Å². The van der Waals surface area contributed by atoms with Gasteiger partial charge in [0.1, 0.15) is 0 Å². The number of hydrogen-bond donors (Lipinski definition) is 1. The molecule has 0 unspecified atom stereocenters. The maximum atomic E-state index is 12.0. The zero-order chi connectivity index (χ0) is 13.8. The molecule has 1 saturated carbocycles. The summed E-state index contributed by atoms with van der Waals surface area (Å²) < 4.78 is 2.63. The van der Waals surface area contributed by atoms with E-state index in [4.69, 9.17) is 0 Å². The number of hydrogen-bond acceptors (Lipinski definition) is 3. The molecule has 0 spiro atoms. The lowest BCUT2D eigenvalue weighted by Gasteiger charge is -2.09. The molecule has 1 amide bonds. The standard InChI is InChI=1S/C13H19N3O3/c1-2-7-15-8-6-12(18)16(13(15)19)9-5-11(17)14-10-3-4-10/h6,8,10H,2-5,7,9H2,1H3,(H,14,17). The second kappa shape index (κ2) is 5.86. The van der Waals surface area contributed by atoms with Crippen LogP contribution in [0.15, 0.2) is 21.9 Å². The van der Waals surface area contributed by atoms with Crippen molar-refractivity contribution < 1.29 is 4.79 Å². The van der Waals surface area contributed by atoms with Gasteiger partial charge in [0.25, 0.3) is 5.56 Å². The lowest BCUT2D eigenvalue weighted by atomic mass is 10.3. The van der Waals surface area contributed by atoms with E-state index < -0.39 is 0 Å². The van der Waals surface area contributed by atoms with Crippen molar-refractivity contribution >= 4 is 5.91 Å². The highest BCUT2D eigenvalue weighted by molar-refractivity contribution is 5.76. The second-order valence-corrected chi connectivity index (χ2v) is 4.87. The van der Waals surface area contributed by atoms with Gasteiger partial charge in [-0.25, -0.2) is 4.79 Å². The number of carbonyl (C=O) groups is 1. The SMILES string of the molecule is CCCn1ccc(=O)n(CCC(=O)NC2CC2)c1=O. The molecule has 0 bridgehead atoms. The van der Waals surface area contributed by atoms with Gasteiger partial charge in [0.05, 0.1) is 0 Å². The average Bonchev–Trinajstić information content (AvgIpc) is 3.16. The summed E-state index contributed by atoms with van der Waals surface area (Å²) in [5.41, 5.74) is -0.690. The van der Waals surface area contributed by atoms with Gasteiger partial charge in [-0.05, 0) is 19.3 Å². The fourth-order valence-electron chi connectivity index (χ4n) is 1.91. The molecule has 1 heterocycles. The van der Waals surface area contributed by atoms with Crippen molar-refractivity contribution in [1.29, 1.82) is 0 Å². The van der Waals surface area contributed by atoms with Crippen LogP contribution in [0.2, 0.25) is 0 Å². The summed E-state index contributed by atoms with van der Waals surface area (Å²) >= 11 is 0. The minimum absolute atomic E-state index is 0.0975. The van der Waals surface area contributed by atoms with Gasteiger partial charge in [-0.3, -0.25) is 14.2 Å². The van der Waals surface area contributed by atoms with Crippen LogP contribution in [0.3, 0.4) is 0 Å². The van der Waals surface area contributed by atoms with Gasteiger partial charge in [0.2, 0.25) is 5.91 Å². The lowest BCUT2D eigenvalue weighted by molar-refractivity contribution is -0.121. The maximum absolute atomic E-state index is 12.0. The predicted octanol–water partition coefficient (Wildman–Crippen LogP) is 0.0887. The summed E-state index contributed by atoms with van der Waals surface area (Å²) in [6.07, 6.45) is 4.55. The van der Waals surface area contributed by atoms with Crippen molar-refractivity contribution in [1.82, 2.24) is 14.5 Å². The first-order valence-corrected chi connectivity index (χ1v) is 6.71. The number of aryl methyl sites for hydroxylation is 1. The van der Waals surface area contributed by atoms with Crippen LogP contribution in [0.25, 0.3) is 0 Å². The van der Waals surface area contributed by atoms with E-state index in [1.54, 1.807) is 0 Å². The van der Waals surface area contributed by atoms with Crippen LogP contribution in [0, 0.1) is 0 Å². The first-order chi connectivity index (χ1) is 9.11. The van der Waals surface area contributed by atoms with Gasteiger partial charge in [-0.15, -0.1) is 0 Å². The van der Waals surface area contributed by atoms with Crippen LogP contribution < -0.4 is 16.6 Å². The minimum Gasteiger partial charge on any atom is -0.353 e. The quantitative estimate of drug-likeness (QED) is 0.792. The normalized spacial score (nSPS) is 14.4. The molecule has 0 radical (unpaired) electrons. The van der Waals surface area contributed by atoms with Crippen molar-refractivity contribution in [2.75, 3.05) is 0 Å².